The summed E-state index contributed by atoms with van der Waals surface area (Å²) in [6, 6.07) is 18.3. The minimum atomic E-state index is -3.44. The third-order valence-electron chi connectivity index (χ3n) is 8.85. The highest BCUT2D eigenvalue weighted by Crippen LogP contribution is 2.36. The summed E-state index contributed by atoms with van der Waals surface area (Å²) in [5, 5.41) is 8.10. The number of anilines is 3. The molecular formula is C31H39N7O3S. The van der Waals surface area contributed by atoms with Crippen molar-refractivity contribution in [2.24, 2.45) is 0 Å². The molecule has 11 heteroatoms. The summed E-state index contributed by atoms with van der Waals surface area (Å²) in [6.07, 6.45) is 6.56. The molecular weight excluding hydrogens is 550 g/mol. The van der Waals surface area contributed by atoms with Crippen LogP contribution in [0.3, 0.4) is 0 Å². The average Bonchev–Trinajstić information content (AvgIpc) is 3.42. The van der Waals surface area contributed by atoms with E-state index in [0.717, 1.165) is 60.2 Å². The molecule has 222 valence electrons. The van der Waals surface area contributed by atoms with Crippen molar-refractivity contribution in [3.05, 3.63) is 66.4 Å². The van der Waals surface area contributed by atoms with Gasteiger partial charge >= 0.3 is 0 Å². The van der Waals surface area contributed by atoms with Crippen molar-refractivity contribution < 1.29 is 13.2 Å². The highest BCUT2D eigenvalue weighted by Gasteiger charge is 2.29. The van der Waals surface area contributed by atoms with E-state index in [2.05, 4.69) is 39.3 Å². The minimum absolute atomic E-state index is 0.411. The van der Waals surface area contributed by atoms with E-state index in [-0.39, 0.29) is 0 Å². The molecule has 0 spiro atoms. The summed E-state index contributed by atoms with van der Waals surface area (Å²) < 4.78 is 33.5. The van der Waals surface area contributed by atoms with E-state index in [0.29, 0.717) is 17.6 Å². The second-order valence-corrected chi connectivity index (χ2v) is 13.5. The van der Waals surface area contributed by atoms with Gasteiger partial charge in [0.05, 0.1) is 42.1 Å². The molecule has 2 aliphatic heterocycles. The van der Waals surface area contributed by atoms with Crippen molar-refractivity contribution in [2.75, 3.05) is 63.3 Å². The second kappa shape index (κ2) is 11.5. The molecule has 4 heterocycles. The van der Waals surface area contributed by atoms with E-state index in [9.17, 15) is 8.42 Å². The lowest BCUT2D eigenvalue weighted by Crippen LogP contribution is -2.52. The fourth-order valence-corrected chi connectivity index (χ4v) is 6.56. The molecule has 2 aromatic heterocycles. The number of likely N-dealkylation sites (tertiary alicyclic amines) is 2. The number of benzene rings is 2. The lowest BCUT2D eigenvalue weighted by molar-refractivity contribution is 0.0719. The highest BCUT2D eigenvalue weighted by molar-refractivity contribution is 7.92. The van der Waals surface area contributed by atoms with Crippen molar-refractivity contribution >= 4 is 32.9 Å². The summed E-state index contributed by atoms with van der Waals surface area (Å²) >= 11 is 0. The van der Waals surface area contributed by atoms with Crippen LogP contribution in [-0.2, 0) is 10.0 Å². The van der Waals surface area contributed by atoms with Crippen LogP contribution >= 0.6 is 0 Å². The highest BCUT2D eigenvalue weighted by atomic mass is 32.2. The third kappa shape index (κ3) is 5.68. The maximum atomic E-state index is 12.3. The van der Waals surface area contributed by atoms with Gasteiger partial charge in [0, 0.05) is 25.2 Å². The van der Waals surface area contributed by atoms with E-state index in [1.807, 2.05) is 36.4 Å². The molecule has 1 N–H and O–H groups in total. The van der Waals surface area contributed by atoms with E-state index in [1.165, 1.54) is 35.6 Å². The van der Waals surface area contributed by atoms with Gasteiger partial charge in [-0.15, -0.1) is 5.10 Å². The van der Waals surface area contributed by atoms with Crippen LogP contribution < -0.4 is 14.4 Å². The van der Waals surface area contributed by atoms with Crippen LogP contribution in [-0.4, -0.2) is 92.5 Å². The Balaban J connectivity index is 1.21. The van der Waals surface area contributed by atoms with Crippen LogP contribution in [0.25, 0.3) is 16.8 Å². The first-order chi connectivity index (χ1) is 20.2. The van der Waals surface area contributed by atoms with Crippen molar-refractivity contribution in [1.29, 1.82) is 0 Å². The monoisotopic (exact) mass is 589 g/mol. The number of hydrogen-bond acceptors (Lipinski definition) is 8. The molecule has 42 heavy (non-hydrogen) atoms. The number of aromatic nitrogens is 3. The maximum Gasteiger partial charge on any atom is 0.245 e. The Labute approximate surface area is 248 Å². The Morgan fingerprint density at radius 1 is 1.05 bits per heavy atom. The molecule has 0 aliphatic carbocycles. The fraction of sp³-hybridized carbons (Fsp3) is 0.419. The van der Waals surface area contributed by atoms with Crippen LogP contribution in [0.4, 0.5) is 17.3 Å². The van der Waals surface area contributed by atoms with Crippen molar-refractivity contribution in [3.8, 4) is 17.0 Å². The minimum Gasteiger partial charge on any atom is -0.495 e. The summed E-state index contributed by atoms with van der Waals surface area (Å²) in [4.78, 5) is 9.60. The Kier molecular flexibility index (Phi) is 7.82. The van der Waals surface area contributed by atoms with Gasteiger partial charge in [-0.2, -0.15) is 0 Å². The predicted molar refractivity (Wildman–Crippen MR) is 167 cm³/mol. The molecule has 10 nitrogen and oxygen atoms in total. The smallest absolute Gasteiger partial charge is 0.245 e. The summed E-state index contributed by atoms with van der Waals surface area (Å²) in [5.74, 6) is 1.68. The number of likely N-dealkylation sites (N-methyl/N-ethyl adjacent to an activating group) is 1. The Hall–Kier alpha value is -3.67. The van der Waals surface area contributed by atoms with Crippen LogP contribution in [0.5, 0.6) is 5.75 Å². The number of nitrogens with zero attached hydrogens (tertiary/aromatic N) is 6. The number of para-hydroxylation sites is 1. The first kappa shape index (κ1) is 28.4. The first-order valence-electron chi connectivity index (χ1n) is 14.5. The molecule has 1 atom stereocenters. The van der Waals surface area contributed by atoms with Crippen LogP contribution in [0, 0.1) is 0 Å². The SMILES string of the molecule is COc1cc(C2CCN(CC3CCN3C)CC2)ccc1Nc1ncc2ccc(-c3ccccc3N(C)S(C)(=O)=O)n2n1. The van der Waals surface area contributed by atoms with E-state index in [4.69, 9.17) is 9.84 Å². The van der Waals surface area contributed by atoms with Gasteiger partial charge in [-0.25, -0.2) is 17.9 Å². The Bertz CT molecular complexity index is 1680. The fourth-order valence-electron chi connectivity index (χ4n) is 6.04. The van der Waals surface area contributed by atoms with Crippen LogP contribution in [0.1, 0.15) is 30.7 Å². The lowest BCUT2D eigenvalue weighted by atomic mass is 9.88. The molecule has 4 aromatic rings. The zero-order chi connectivity index (χ0) is 29.4. The van der Waals surface area contributed by atoms with Crippen molar-refractivity contribution in [1.82, 2.24) is 24.4 Å². The standard InChI is InChI=1S/C31H39N7O3S/c1-35-16-15-25(35)21-37-17-13-22(14-18-37)23-9-11-27(30(19-23)41-3)33-31-32-20-24-10-12-29(38(24)34-31)26-7-5-6-8-28(26)36(2)42(4,39)40/h5-12,19-20,22,25H,13-18,21H2,1-4H3,(H,33,34). The van der Waals surface area contributed by atoms with Gasteiger partial charge < -0.3 is 19.9 Å². The van der Waals surface area contributed by atoms with E-state index >= 15 is 0 Å². The van der Waals surface area contributed by atoms with Crippen LogP contribution in [0.15, 0.2) is 60.8 Å². The molecule has 2 fully saturated rings. The Morgan fingerprint density at radius 3 is 2.52 bits per heavy atom. The molecule has 0 saturated carbocycles. The van der Waals surface area contributed by atoms with Gasteiger partial charge in [0.2, 0.25) is 16.0 Å². The zero-order valence-corrected chi connectivity index (χ0v) is 25.5. The van der Waals surface area contributed by atoms with Gasteiger partial charge in [0.15, 0.2) is 0 Å². The lowest BCUT2D eigenvalue weighted by Gasteiger charge is -2.42. The molecule has 0 bridgehead atoms. The summed E-state index contributed by atoms with van der Waals surface area (Å²) in [7, 11) is 2.03. The quantitative estimate of drug-likeness (QED) is 0.307. The van der Waals surface area contributed by atoms with Gasteiger partial charge in [-0.1, -0.05) is 24.3 Å². The third-order valence-corrected chi connectivity index (χ3v) is 10.0. The maximum absolute atomic E-state index is 12.3. The van der Waals surface area contributed by atoms with E-state index < -0.39 is 10.0 Å². The Morgan fingerprint density at radius 2 is 1.83 bits per heavy atom. The number of sulfonamides is 1. The molecule has 2 saturated heterocycles. The van der Waals surface area contributed by atoms with Crippen LogP contribution in [0.2, 0.25) is 0 Å². The number of rotatable bonds is 9. The van der Waals surface area contributed by atoms with Gasteiger partial charge in [0.25, 0.3) is 0 Å². The largest absolute Gasteiger partial charge is 0.495 e. The molecule has 2 aliphatic rings. The number of piperidine rings is 1. The average molecular weight is 590 g/mol. The zero-order valence-electron chi connectivity index (χ0n) is 24.7. The number of nitrogens with one attached hydrogen (secondary N) is 1. The van der Waals surface area contributed by atoms with Gasteiger partial charge in [-0.05, 0) is 87.8 Å². The predicted octanol–water partition coefficient (Wildman–Crippen LogP) is 4.43. The summed E-state index contributed by atoms with van der Waals surface area (Å²) in [5.41, 5.74) is 4.98. The van der Waals surface area contributed by atoms with E-state index in [1.54, 1.807) is 30.9 Å². The molecule has 0 amide bonds. The number of ether oxygens (including phenoxy) is 1. The molecule has 0 radical (unpaired) electrons. The van der Waals surface area contributed by atoms with Gasteiger partial charge in [0.1, 0.15) is 5.75 Å². The molecule has 1 unspecified atom stereocenters. The van der Waals surface area contributed by atoms with Gasteiger partial charge in [-0.3, -0.25) is 4.31 Å². The molecule has 6 rings (SSSR count). The number of hydrogen-bond donors (Lipinski definition) is 1. The number of methoxy groups -OCH3 is 1. The normalized spacial score (nSPS) is 18.6. The number of fused-ring (bicyclic) bond motifs is 1. The molecule has 2 aromatic carbocycles. The van der Waals surface area contributed by atoms with Crippen molar-refractivity contribution in [2.45, 2.75) is 31.2 Å². The summed E-state index contributed by atoms with van der Waals surface area (Å²) in [6.45, 7) is 4.67. The second-order valence-electron chi connectivity index (χ2n) is 11.5. The van der Waals surface area contributed by atoms with Crippen molar-refractivity contribution in [3.63, 3.8) is 0 Å². The topological polar surface area (TPSA) is 95.3 Å². The first-order valence-corrected chi connectivity index (χ1v) is 16.3.